The first kappa shape index (κ1) is 25.3. The summed E-state index contributed by atoms with van der Waals surface area (Å²) in [5.74, 6) is 1.30. The van der Waals surface area contributed by atoms with Gasteiger partial charge in [0.15, 0.2) is 0 Å². The molecule has 0 aliphatic rings. The van der Waals surface area contributed by atoms with Gasteiger partial charge in [-0.3, -0.25) is 14.2 Å². The quantitative estimate of drug-likeness (QED) is 0.246. The molecule has 0 bridgehead atoms. The van der Waals surface area contributed by atoms with E-state index in [4.69, 9.17) is 25.7 Å². The summed E-state index contributed by atoms with van der Waals surface area (Å²) in [6.45, 7) is 4.00. The minimum Gasteiger partial charge on any atom is -0.497 e. The van der Waals surface area contributed by atoms with E-state index in [1.165, 1.54) is 0 Å². The standard InChI is InChI=1S/C30H26ClN3O4/c1-19-9-12-23(13-10-19)34-28(32-27-17-22(31)11-14-26(27)30(34)36)20(2)33(18-25-8-5-15-38-25)29(35)21-6-4-7-24(16-21)37-3/h4-17,20H,18H2,1-3H3. The van der Waals surface area contributed by atoms with Gasteiger partial charge in [0, 0.05) is 10.6 Å². The molecule has 192 valence electrons. The normalized spacial score (nSPS) is 11.9. The van der Waals surface area contributed by atoms with Crippen LogP contribution in [0.4, 0.5) is 0 Å². The lowest BCUT2D eigenvalue weighted by Crippen LogP contribution is -2.37. The molecule has 1 unspecified atom stereocenters. The molecule has 0 N–H and O–H groups in total. The fourth-order valence-corrected chi connectivity index (χ4v) is 4.58. The lowest BCUT2D eigenvalue weighted by atomic mass is 10.1. The van der Waals surface area contributed by atoms with E-state index in [9.17, 15) is 9.59 Å². The van der Waals surface area contributed by atoms with Gasteiger partial charge in [-0.2, -0.15) is 0 Å². The lowest BCUT2D eigenvalue weighted by molar-refractivity contribution is 0.0648. The molecule has 2 heterocycles. The van der Waals surface area contributed by atoms with Gasteiger partial charge in [-0.15, -0.1) is 0 Å². The Kier molecular flexibility index (Phi) is 7.03. The molecule has 0 aliphatic heterocycles. The summed E-state index contributed by atoms with van der Waals surface area (Å²) in [7, 11) is 1.55. The van der Waals surface area contributed by atoms with Crippen LogP contribution in [0, 0.1) is 6.92 Å². The van der Waals surface area contributed by atoms with E-state index in [1.54, 1.807) is 77.4 Å². The molecule has 7 nitrogen and oxygen atoms in total. The van der Waals surface area contributed by atoms with Crippen LogP contribution in [0.2, 0.25) is 5.02 Å². The first-order valence-electron chi connectivity index (χ1n) is 12.1. The summed E-state index contributed by atoms with van der Waals surface area (Å²) < 4.78 is 12.5. The Hall–Kier alpha value is -4.36. The van der Waals surface area contributed by atoms with E-state index < -0.39 is 6.04 Å². The van der Waals surface area contributed by atoms with Crippen molar-refractivity contribution in [3.8, 4) is 11.4 Å². The molecule has 5 aromatic rings. The maximum Gasteiger partial charge on any atom is 0.266 e. The zero-order valence-corrected chi connectivity index (χ0v) is 22.0. The van der Waals surface area contributed by atoms with Gasteiger partial charge in [0.05, 0.1) is 42.5 Å². The molecule has 0 fully saturated rings. The van der Waals surface area contributed by atoms with Gasteiger partial charge in [-0.1, -0.05) is 35.4 Å². The zero-order valence-electron chi connectivity index (χ0n) is 21.2. The smallest absolute Gasteiger partial charge is 0.266 e. The van der Waals surface area contributed by atoms with Gasteiger partial charge in [-0.25, -0.2) is 4.98 Å². The zero-order chi connectivity index (χ0) is 26.8. The molecule has 1 atom stereocenters. The second kappa shape index (κ2) is 10.6. The predicted octanol–water partition coefficient (Wildman–Crippen LogP) is 6.35. The van der Waals surface area contributed by atoms with Crippen molar-refractivity contribution in [2.24, 2.45) is 0 Å². The second-order valence-electron chi connectivity index (χ2n) is 9.03. The number of furan rings is 1. The number of hydrogen-bond acceptors (Lipinski definition) is 5. The van der Waals surface area contributed by atoms with Crippen LogP contribution in [0.25, 0.3) is 16.6 Å². The molecule has 0 spiro atoms. The highest BCUT2D eigenvalue weighted by Gasteiger charge is 2.29. The number of rotatable bonds is 7. The van der Waals surface area contributed by atoms with Crippen molar-refractivity contribution in [2.75, 3.05) is 7.11 Å². The van der Waals surface area contributed by atoms with E-state index in [-0.39, 0.29) is 18.0 Å². The third-order valence-corrected chi connectivity index (χ3v) is 6.71. The number of aromatic nitrogens is 2. The molecule has 1 amide bonds. The van der Waals surface area contributed by atoms with E-state index in [0.717, 1.165) is 5.56 Å². The summed E-state index contributed by atoms with van der Waals surface area (Å²) in [5, 5.41) is 0.901. The number of carbonyl (C=O) groups is 1. The molecular formula is C30H26ClN3O4. The molecule has 0 aliphatic carbocycles. The van der Waals surface area contributed by atoms with Crippen LogP contribution in [-0.2, 0) is 6.54 Å². The number of halogens is 1. The van der Waals surface area contributed by atoms with E-state index >= 15 is 0 Å². The molecular weight excluding hydrogens is 502 g/mol. The van der Waals surface area contributed by atoms with Gasteiger partial charge in [0.2, 0.25) is 0 Å². The molecule has 38 heavy (non-hydrogen) atoms. The number of ether oxygens (including phenoxy) is 1. The maximum atomic E-state index is 13.9. The van der Waals surface area contributed by atoms with Crippen LogP contribution in [0.15, 0.2) is 94.3 Å². The van der Waals surface area contributed by atoms with Gasteiger partial charge in [0.25, 0.3) is 11.5 Å². The van der Waals surface area contributed by atoms with Crippen molar-refractivity contribution in [1.29, 1.82) is 0 Å². The Balaban J connectivity index is 1.71. The monoisotopic (exact) mass is 527 g/mol. The van der Waals surface area contributed by atoms with E-state index in [2.05, 4.69) is 0 Å². The average Bonchev–Trinajstić information content (AvgIpc) is 3.45. The number of aryl methyl sites for hydroxylation is 1. The Morgan fingerprint density at radius 2 is 1.87 bits per heavy atom. The number of amides is 1. The molecule has 0 saturated carbocycles. The van der Waals surface area contributed by atoms with Crippen LogP contribution in [0.5, 0.6) is 5.75 Å². The van der Waals surface area contributed by atoms with Crippen molar-refractivity contribution >= 4 is 28.4 Å². The van der Waals surface area contributed by atoms with Gasteiger partial charge < -0.3 is 14.1 Å². The van der Waals surface area contributed by atoms with Crippen molar-refractivity contribution in [3.63, 3.8) is 0 Å². The highest BCUT2D eigenvalue weighted by molar-refractivity contribution is 6.31. The average molecular weight is 528 g/mol. The van der Waals surface area contributed by atoms with Crippen molar-refractivity contribution in [1.82, 2.24) is 14.5 Å². The summed E-state index contributed by atoms with van der Waals surface area (Å²) in [4.78, 5) is 34.3. The molecule has 5 rings (SSSR count). The molecule has 8 heteroatoms. The minimum atomic E-state index is -0.629. The maximum absolute atomic E-state index is 13.9. The van der Waals surface area contributed by atoms with Crippen LogP contribution >= 0.6 is 11.6 Å². The lowest BCUT2D eigenvalue weighted by Gasteiger charge is -2.30. The van der Waals surface area contributed by atoms with Crippen LogP contribution < -0.4 is 10.3 Å². The highest BCUT2D eigenvalue weighted by atomic mass is 35.5. The summed E-state index contributed by atoms with van der Waals surface area (Å²) >= 11 is 6.26. The third-order valence-electron chi connectivity index (χ3n) is 6.47. The number of methoxy groups -OCH3 is 1. The molecule has 3 aromatic carbocycles. The fourth-order valence-electron chi connectivity index (χ4n) is 4.42. The van der Waals surface area contributed by atoms with Crippen LogP contribution in [-0.4, -0.2) is 27.5 Å². The Labute approximate surface area is 224 Å². The first-order chi connectivity index (χ1) is 18.4. The van der Waals surface area contributed by atoms with Gasteiger partial charge in [0.1, 0.15) is 17.3 Å². The number of carbonyl (C=O) groups excluding carboxylic acids is 1. The molecule has 0 saturated heterocycles. The van der Waals surface area contributed by atoms with Gasteiger partial charge >= 0.3 is 0 Å². The predicted molar refractivity (Wildman–Crippen MR) is 147 cm³/mol. The molecule has 2 aromatic heterocycles. The van der Waals surface area contributed by atoms with Crippen LogP contribution in [0.3, 0.4) is 0 Å². The van der Waals surface area contributed by atoms with Crippen LogP contribution in [0.1, 0.15) is 40.5 Å². The molecule has 0 radical (unpaired) electrons. The van der Waals surface area contributed by atoms with Crippen molar-refractivity contribution < 1.29 is 13.9 Å². The number of nitrogens with zero attached hydrogens (tertiary/aromatic N) is 3. The number of hydrogen-bond donors (Lipinski definition) is 0. The van der Waals surface area contributed by atoms with Crippen molar-refractivity contribution in [3.05, 3.63) is 123 Å². The summed E-state index contributed by atoms with van der Waals surface area (Å²) in [6.07, 6.45) is 1.56. The number of benzene rings is 3. The Morgan fingerprint density at radius 1 is 1.08 bits per heavy atom. The first-order valence-corrected chi connectivity index (χ1v) is 12.5. The fraction of sp³-hybridized carbons (Fsp3) is 0.167. The largest absolute Gasteiger partial charge is 0.497 e. The highest BCUT2D eigenvalue weighted by Crippen LogP contribution is 2.28. The summed E-state index contributed by atoms with van der Waals surface area (Å²) in [6, 6.07) is 22.5. The Morgan fingerprint density at radius 3 is 2.58 bits per heavy atom. The van der Waals surface area contributed by atoms with E-state index in [1.807, 2.05) is 38.1 Å². The minimum absolute atomic E-state index is 0.168. The topological polar surface area (TPSA) is 77.6 Å². The second-order valence-corrected chi connectivity index (χ2v) is 9.46. The summed E-state index contributed by atoms with van der Waals surface area (Å²) in [5.41, 5.74) is 2.36. The van der Waals surface area contributed by atoms with Crippen molar-refractivity contribution in [2.45, 2.75) is 26.4 Å². The third kappa shape index (κ3) is 4.93. The Bertz CT molecular complexity index is 1660. The number of fused-ring (bicyclic) bond motifs is 1. The van der Waals surface area contributed by atoms with E-state index in [0.29, 0.717) is 44.5 Å². The van der Waals surface area contributed by atoms with Gasteiger partial charge in [-0.05, 0) is 74.5 Å². The SMILES string of the molecule is COc1cccc(C(=O)N(Cc2ccco2)C(C)c2nc3cc(Cl)ccc3c(=O)n2-c2ccc(C)cc2)c1.